The predicted molar refractivity (Wildman–Crippen MR) is 104 cm³/mol. The molecule has 0 spiro atoms. The standard InChI is InChI=1S/C18H14BrF3N2O4S/c1-11(19)29(26,27)14-4-2-3-12(7-14)9-24-10-23-16-6-5-13(28-18(20,21)22)8-15(16)17(24)25/h2-8,10-11H,9H2,1H3. The zero-order valence-corrected chi connectivity index (χ0v) is 17.3. The summed E-state index contributed by atoms with van der Waals surface area (Å²) in [6, 6.07) is 9.37. The Hall–Kier alpha value is -2.40. The van der Waals surface area contributed by atoms with Gasteiger partial charge < -0.3 is 4.74 Å². The average molecular weight is 491 g/mol. The molecule has 3 rings (SSSR count). The van der Waals surface area contributed by atoms with Gasteiger partial charge in [-0.2, -0.15) is 0 Å². The summed E-state index contributed by atoms with van der Waals surface area (Å²) in [6.07, 6.45) is -3.63. The van der Waals surface area contributed by atoms with E-state index in [0.29, 0.717) is 5.56 Å². The van der Waals surface area contributed by atoms with Gasteiger partial charge in [0.15, 0.2) is 9.84 Å². The van der Waals surface area contributed by atoms with Gasteiger partial charge in [-0.1, -0.05) is 28.1 Å². The first-order valence-corrected chi connectivity index (χ1v) is 10.7. The summed E-state index contributed by atoms with van der Waals surface area (Å²) in [5.41, 5.74) is 0.153. The van der Waals surface area contributed by atoms with Crippen molar-refractivity contribution in [2.75, 3.05) is 0 Å². The number of ether oxygens (including phenoxy) is 1. The number of hydrogen-bond donors (Lipinski definition) is 0. The molecule has 0 amide bonds. The zero-order chi connectivity index (χ0) is 21.4. The molecule has 1 aromatic heterocycles. The van der Waals surface area contributed by atoms with Crippen LogP contribution in [0.25, 0.3) is 10.9 Å². The van der Waals surface area contributed by atoms with Gasteiger partial charge in [0, 0.05) is 0 Å². The van der Waals surface area contributed by atoms with E-state index in [4.69, 9.17) is 0 Å². The number of aromatic nitrogens is 2. The molecule has 0 bridgehead atoms. The van der Waals surface area contributed by atoms with Crippen LogP contribution in [0.3, 0.4) is 0 Å². The molecule has 0 aliphatic heterocycles. The highest BCUT2D eigenvalue weighted by molar-refractivity contribution is 9.11. The zero-order valence-electron chi connectivity index (χ0n) is 14.9. The average Bonchev–Trinajstić information content (AvgIpc) is 2.63. The Labute approximate surface area is 172 Å². The second-order valence-electron chi connectivity index (χ2n) is 6.14. The molecule has 1 heterocycles. The van der Waals surface area contributed by atoms with Gasteiger partial charge in [0.1, 0.15) is 9.91 Å². The normalized spacial score (nSPS) is 13.4. The van der Waals surface area contributed by atoms with Crippen molar-refractivity contribution in [1.29, 1.82) is 0 Å². The first kappa shape index (κ1) is 21.3. The van der Waals surface area contributed by atoms with E-state index in [-0.39, 0.29) is 22.3 Å². The number of halogens is 4. The van der Waals surface area contributed by atoms with Crippen LogP contribution < -0.4 is 10.3 Å². The molecule has 0 fully saturated rings. The van der Waals surface area contributed by atoms with E-state index in [0.717, 1.165) is 12.1 Å². The minimum Gasteiger partial charge on any atom is -0.406 e. The van der Waals surface area contributed by atoms with E-state index < -0.39 is 31.7 Å². The van der Waals surface area contributed by atoms with Crippen molar-refractivity contribution >= 4 is 36.7 Å². The summed E-state index contributed by atoms with van der Waals surface area (Å²) in [6.45, 7) is 1.48. The third-order valence-corrected chi connectivity index (χ3v) is 7.28. The van der Waals surface area contributed by atoms with Crippen LogP contribution in [-0.4, -0.2) is 28.5 Å². The van der Waals surface area contributed by atoms with Crippen molar-refractivity contribution in [2.24, 2.45) is 0 Å². The van der Waals surface area contributed by atoms with Gasteiger partial charge in [-0.25, -0.2) is 13.4 Å². The maximum atomic E-state index is 12.7. The summed E-state index contributed by atoms with van der Waals surface area (Å²) >= 11 is 3.05. The molecule has 0 radical (unpaired) electrons. The number of sulfone groups is 1. The second kappa shape index (κ2) is 7.79. The second-order valence-corrected chi connectivity index (χ2v) is 10.4. The molecule has 0 N–H and O–H groups in total. The monoisotopic (exact) mass is 490 g/mol. The first-order chi connectivity index (χ1) is 13.5. The van der Waals surface area contributed by atoms with Gasteiger partial charge in [0.05, 0.1) is 28.7 Å². The molecular weight excluding hydrogens is 477 g/mol. The number of rotatable bonds is 5. The van der Waals surface area contributed by atoms with E-state index >= 15 is 0 Å². The molecule has 29 heavy (non-hydrogen) atoms. The van der Waals surface area contributed by atoms with Gasteiger partial charge in [-0.05, 0) is 42.8 Å². The maximum Gasteiger partial charge on any atom is 0.573 e. The fraction of sp³-hybridized carbons (Fsp3) is 0.222. The Kier molecular flexibility index (Phi) is 5.72. The third kappa shape index (κ3) is 4.78. The molecule has 154 valence electrons. The number of fused-ring (bicyclic) bond motifs is 1. The number of benzene rings is 2. The van der Waals surface area contributed by atoms with E-state index in [9.17, 15) is 26.4 Å². The van der Waals surface area contributed by atoms with Gasteiger partial charge in [0.2, 0.25) is 0 Å². The van der Waals surface area contributed by atoms with Crippen LogP contribution in [0.5, 0.6) is 5.75 Å². The van der Waals surface area contributed by atoms with E-state index in [1.165, 1.54) is 36.0 Å². The Bertz CT molecular complexity index is 1220. The summed E-state index contributed by atoms with van der Waals surface area (Å²) in [5.74, 6) is -0.527. The summed E-state index contributed by atoms with van der Waals surface area (Å²) in [7, 11) is -3.57. The Morgan fingerprint density at radius 1 is 1.21 bits per heavy atom. The quantitative estimate of drug-likeness (QED) is 0.507. The van der Waals surface area contributed by atoms with E-state index in [1.54, 1.807) is 12.1 Å². The fourth-order valence-electron chi connectivity index (χ4n) is 2.65. The molecule has 1 atom stereocenters. The fourth-order valence-corrected chi connectivity index (χ4v) is 4.26. The number of hydrogen-bond acceptors (Lipinski definition) is 5. The Morgan fingerprint density at radius 3 is 2.59 bits per heavy atom. The molecule has 0 aliphatic carbocycles. The summed E-state index contributed by atoms with van der Waals surface area (Å²) in [5, 5.41) is -0.0490. The first-order valence-electron chi connectivity index (χ1n) is 8.19. The van der Waals surface area contributed by atoms with Gasteiger partial charge in [-0.15, -0.1) is 13.2 Å². The molecule has 6 nitrogen and oxygen atoms in total. The van der Waals surface area contributed by atoms with Crippen LogP contribution in [-0.2, 0) is 16.4 Å². The van der Waals surface area contributed by atoms with Crippen LogP contribution in [0.2, 0.25) is 0 Å². The van der Waals surface area contributed by atoms with Crippen molar-refractivity contribution in [3.05, 3.63) is 64.7 Å². The molecule has 1 unspecified atom stereocenters. The lowest BCUT2D eigenvalue weighted by atomic mass is 10.2. The van der Waals surface area contributed by atoms with Gasteiger partial charge in [0.25, 0.3) is 5.56 Å². The van der Waals surface area contributed by atoms with Crippen molar-refractivity contribution in [3.63, 3.8) is 0 Å². The highest BCUT2D eigenvalue weighted by Gasteiger charge is 2.31. The van der Waals surface area contributed by atoms with Crippen LogP contribution in [0.15, 0.2) is 58.5 Å². The Balaban J connectivity index is 1.99. The van der Waals surface area contributed by atoms with Crippen molar-refractivity contribution in [1.82, 2.24) is 9.55 Å². The highest BCUT2D eigenvalue weighted by Crippen LogP contribution is 2.25. The third-order valence-electron chi connectivity index (χ3n) is 4.04. The lowest BCUT2D eigenvalue weighted by Crippen LogP contribution is -2.22. The predicted octanol–water partition coefficient (Wildman–Crippen LogP) is 3.86. The smallest absolute Gasteiger partial charge is 0.406 e. The molecule has 11 heteroatoms. The summed E-state index contributed by atoms with van der Waals surface area (Å²) in [4.78, 5) is 16.9. The molecule has 0 aliphatic rings. The summed E-state index contributed by atoms with van der Waals surface area (Å²) < 4.78 is 66.1. The van der Waals surface area contributed by atoms with E-state index in [2.05, 4.69) is 25.7 Å². The highest BCUT2D eigenvalue weighted by atomic mass is 79.9. The van der Waals surface area contributed by atoms with Crippen LogP contribution in [0.1, 0.15) is 12.5 Å². The molecule has 2 aromatic carbocycles. The van der Waals surface area contributed by atoms with Crippen LogP contribution in [0, 0.1) is 0 Å². The molecule has 0 saturated heterocycles. The Morgan fingerprint density at radius 2 is 1.93 bits per heavy atom. The van der Waals surface area contributed by atoms with Gasteiger partial charge in [-0.3, -0.25) is 9.36 Å². The lowest BCUT2D eigenvalue weighted by Gasteiger charge is -2.11. The minimum atomic E-state index is -4.88. The SMILES string of the molecule is CC(Br)S(=O)(=O)c1cccc(Cn2cnc3ccc(OC(F)(F)F)cc3c2=O)c1. The molecule has 0 saturated carbocycles. The topological polar surface area (TPSA) is 78.3 Å². The van der Waals surface area contributed by atoms with Gasteiger partial charge >= 0.3 is 6.36 Å². The lowest BCUT2D eigenvalue weighted by molar-refractivity contribution is -0.274. The largest absolute Gasteiger partial charge is 0.573 e. The van der Waals surface area contributed by atoms with Crippen molar-refractivity contribution < 1.29 is 26.3 Å². The number of nitrogens with zero attached hydrogens (tertiary/aromatic N) is 2. The van der Waals surface area contributed by atoms with Crippen LogP contribution in [0.4, 0.5) is 13.2 Å². The molecular formula is C18H14BrF3N2O4S. The van der Waals surface area contributed by atoms with E-state index in [1.807, 2.05) is 0 Å². The maximum absolute atomic E-state index is 12.7. The minimum absolute atomic E-state index is 0.00778. The van der Waals surface area contributed by atoms with Crippen molar-refractivity contribution in [2.45, 2.75) is 28.9 Å². The molecule has 3 aromatic rings. The van der Waals surface area contributed by atoms with Crippen molar-refractivity contribution in [3.8, 4) is 5.75 Å². The van der Waals surface area contributed by atoms with Crippen LogP contribution >= 0.6 is 15.9 Å². The number of alkyl halides is 4.